The van der Waals surface area contributed by atoms with Gasteiger partial charge in [0.25, 0.3) is 0 Å². The maximum absolute atomic E-state index is 13.8. The lowest BCUT2D eigenvalue weighted by Gasteiger charge is -2.29. The highest BCUT2D eigenvalue weighted by Gasteiger charge is 2.28. The second-order valence-corrected chi connectivity index (χ2v) is 17.3. The minimum atomic E-state index is -3.84. The Bertz CT molecular complexity index is 1750. The van der Waals surface area contributed by atoms with Gasteiger partial charge in [0.15, 0.2) is 0 Å². The molecule has 11 heteroatoms. The number of amides is 1. The number of carbonyl (C=O) groups is 1. The van der Waals surface area contributed by atoms with Crippen LogP contribution >= 0.6 is 0 Å². The molecule has 0 aliphatic carbocycles. The van der Waals surface area contributed by atoms with Crippen molar-refractivity contribution in [2.45, 2.75) is 75.9 Å². The summed E-state index contributed by atoms with van der Waals surface area (Å²) in [5, 5.41) is 0. The van der Waals surface area contributed by atoms with Crippen molar-refractivity contribution in [2.24, 2.45) is 0 Å². The van der Waals surface area contributed by atoms with E-state index in [0.717, 1.165) is 22.3 Å². The molecule has 0 unspecified atom stereocenters. The first-order valence-corrected chi connectivity index (χ1v) is 19.7. The predicted molar refractivity (Wildman–Crippen MR) is 197 cm³/mol. The quantitative estimate of drug-likeness (QED) is 0.120. The van der Waals surface area contributed by atoms with E-state index in [9.17, 15) is 21.6 Å². The van der Waals surface area contributed by atoms with E-state index < -0.39 is 31.7 Å². The molecule has 1 amide bonds. The summed E-state index contributed by atoms with van der Waals surface area (Å²) >= 11 is 0. The summed E-state index contributed by atoms with van der Waals surface area (Å²) in [6, 6.07) is 32.3. The van der Waals surface area contributed by atoms with Crippen LogP contribution in [0.1, 0.15) is 55.9 Å². The Hall–Kier alpha value is -4.03. The standard InChI is InChI=1S/C39H49N3O6S2/c1-32-18-22-36(23-19-32)49(44,45)41(30-34-14-8-6-9-15-34)28-12-26-40(38(43)48-39(3,4)5)27-13-29-42(31-35-16-10-7-11-17-35)50(46,47)37-24-20-33(2)21-25-37/h6-11,14-25H,12-13,26-31H2,1-5H3. The fourth-order valence-corrected chi connectivity index (χ4v) is 8.29. The molecule has 268 valence electrons. The van der Waals surface area contributed by atoms with Crippen LogP contribution in [0.2, 0.25) is 0 Å². The summed E-state index contributed by atoms with van der Waals surface area (Å²) in [7, 11) is -7.68. The van der Waals surface area contributed by atoms with Crippen molar-refractivity contribution < 1.29 is 26.4 Å². The van der Waals surface area contributed by atoms with Crippen molar-refractivity contribution >= 4 is 26.1 Å². The summed E-state index contributed by atoms with van der Waals surface area (Å²) in [4.78, 5) is 15.4. The average molecular weight is 720 g/mol. The van der Waals surface area contributed by atoms with Gasteiger partial charge in [0, 0.05) is 39.3 Å². The molecule has 50 heavy (non-hydrogen) atoms. The van der Waals surface area contributed by atoms with Gasteiger partial charge in [-0.2, -0.15) is 8.61 Å². The number of ether oxygens (including phenoxy) is 1. The molecule has 0 bridgehead atoms. The summed E-state index contributed by atoms with van der Waals surface area (Å²) in [6.45, 7) is 10.3. The van der Waals surface area contributed by atoms with E-state index in [1.807, 2.05) is 74.5 Å². The van der Waals surface area contributed by atoms with Gasteiger partial charge < -0.3 is 9.64 Å². The van der Waals surface area contributed by atoms with E-state index in [0.29, 0.717) is 12.8 Å². The van der Waals surface area contributed by atoms with Crippen molar-refractivity contribution in [1.82, 2.24) is 13.5 Å². The molecule has 4 aromatic rings. The molecule has 0 radical (unpaired) electrons. The van der Waals surface area contributed by atoms with Crippen LogP contribution in [0.15, 0.2) is 119 Å². The third-order valence-corrected chi connectivity index (χ3v) is 11.8. The van der Waals surface area contributed by atoms with Crippen LogP contribution in [-0.4, -0.2) is 68.2 Å². The van der Waals surface area contributed by atoms with Gasteiger partial charge in [-0.3, -0.25) is 0 Å². The first kappa shape index (κ1) is 38.8. The van der Waals surface area contributed by atoms with E-state index in [1.165, 1.54) is 8.61 Å². The molecule has 0 saturated carbocycles. The molecule has 4 aromatic carbocycles. The molecule has 0 aliphatic heterocycles. The van der Waals surface area contributed by atoms with Crippen LogP contribution in [0.5, 0.6) is 0 Å². The molecule has 0 aliphatic rings. The summed E-state index contributed by atoms with van der Waals surface area (Å²) in [5.74, 6) is 0. The van der Waals surface area contributed by atoms with Gasteiger partial charge in [-0.05, 0) is 82.9 Å². The third-order valence-electron chi connectivity index (χ3n) is 8.04. The molecule has 0 fully saturated rings. The van der Waals surface area contributed by atoms with Crippen molar-refractivity contribution in [1.29, 1.82) is 0 Å². The molecule has 0 spiro atoms. The van der Waals surface area contributed by atoms with Gasteiger partial charge in [0.2, 0.25) is 20.0 Å². The zero-order chi connectivity index (χ0) is 36.4. The van der Waals surface area contributed by atoms with Crippen molar-refractivity contribution in [3.63, 3.8) is 0 Å². The van der Waals surface area contributed by atoms with Crippen LogP contribution in [0.25, 0.3) is 0 Å². The third kappa shape index (κ3) is 11.2. The number of rotatable bonds is 16. The van der Waals surface area contributed by atoms with E-state index >= 15 is 0 Å². The summed E-state index contributed by atoms with van der Waals surface area (Å²) in [5.41, 5.74) is 2.86. The van der Waals surface area contributed by atoms with E-state index in [2.05, 4.69) is 0 Å². The highest BCUT2D eigenvalue weighted by molar-refractivity contribution is 7.89. The Morgan fingerprint density at radius 3 is 1.26 bits per heavy atom. The molecule has 0 saturated heterocycles. The van der Waals surface area contributed by atoms with Crippen molar-refractivity contribution in [3.8, 4) is 0 Å². The van der Waals surface area contributed by atoms with Gasteiger partial charge in [0.1, 0.15) is 5.60 Å². The van der Waals surface area contributed by atoms with Gasteiger partial charge >= 0.3 is 6.09 Å². The van der Waals surface area contributed by atoms with Crippen LogP contribution < -0.4 is 0 Å². The zero-order valence-electron chi connectivity index (χ0n) is 29.7. The van der Waals surface area contributed by atoms with Crippen LogP contribution in [0.3, 0.4) is 0 Å². The summed E-state index contributed by atoms with van der Waals surface area (Å²) < 4.78 is 63.9. The Balaban J connectivity index is 1.52. The monoisotopic (exact) mass is 719 g/mol. The Morgan fingerprint density at radius 1 is 0.560 bits per heavy atom. The zero-order valence-corrected chi connectivity index (χ0v) is 31.3. The Kier molecular flexibility index (Phi) is 13.4. The largest absolute Gasteiger partial charge is 0.444 e. The summed E-state index contributed by atoms with van der Waals surface area (Å²) in [6.07, 6.45) is 0.142. The maximum Gasteiger partial charge on any atom is 0.410 e. The topological polar surface area (TPSA) is 104 Å². The maximum atomic E-state index is 13.8. The highest BCUT2D eigenvalue weighted by atomic mass is 32.2. The van der Waals surface area contributed by atoms with Crippen LogP contribution in [-0.2, 0) is 37.9 Å². The van der Waals surface area contributed by atoms with Crippen molar-refractivity contribution in [3.05, 3.63) is 131 Å². The normalized spacial score (nSPS) is 12.3. The molecule has 4 rings (SSSR count). The van der Waals surface area contributed by atoms with Crippen LogP contribution in [0.4, 0.5) is 4.79 Å². The fraction of sp³-hybridized carbons (Fsp3) is 0.359. The number of hydrogen-bond acceptors (Lipinski definition) is 6. The molecule has 0 heterocycles. The molecular weight excluding hydrogens is 671 g/mol. The molecular formula is C39H49N3O6S2. The lowest BCUT2D eigenvalue weighted by Crippen LogP contribution is -2.41. The predicted octanol–water partition coefficient (Wildman–Crippen LogP) is 7.40. The highest BCUT2D eigenvalue weighted by Crippen LogP contribution is 2.22. The molecule has 9 nitrogen and oxygen atoms in total. The Morgan fingerprint density at radius 2 is 0.920 bits per heavy atom. The molecule has 0 atom stereocenters. The van der Waals surface area contributed by atoms with Gasteiger partial charge in [-0.15, -0.1) is 0 Å². The minimum absolute atomic E-state index is 0.159. The molecule has 0 aromatic heterocycles. The number of sulfonamides is 2. The number of hydrogen-bond donors (Lipinski definition) is 0. The van der Waals surface area contributed by atoms with E-state index in [-0.39, 0.29) is 49.1 Å². The second kappa shape index (κ2) is 17.3. The lowest BCUT2D eigenvalue weighted by molar-refractivity contribution is 0.0241. The van der Waals surface area contributed by atoms with E-state index in [1.54, 1.807) is 74.2 Å². The number of nitrogens with zero attached hydrogens (tertiary/aromatic N) is 3. The first-order chi connectivity index (χ1) is 23.6. The first-order valence-electron chi connectivity index (χ1n) is 16.8. The fourth-order valence-electron chi connectivity index (χ4n) is 5.36. The number of carbonyl (C=O) groups excluding carboxylic acids is 1. The van der Waals surface area contributed by atoms with Gasteiger partial charge in [-0.25, -0.2) is 21.6 Å². The lowest BCUT2D eigenvalue weighted by atomic mass is 10.2. The van der Waals surface area contributed by atoms with Crippen LogP contribution in [0, 0.1) is 13.8 Å². The Labute approximate surface area is 298 Å². The van der Waals surface area contributed by atoms with Gasteiger partial charge in [0.05, 0.1) is 9.79 Å². The minimum Gasteiger partial charge on any atom is -0.444 e. The second-order valence-electron chi connectivity index (χ2n) is 13.4. The SMILES string of the molecule is Cc1ccc(S(=O)(=O)N(CCCN(CCCN(Cc2ccccc2)S(=O)(=O)c2ccc(C)cc2)C(=O)OC(C)(C)C)Cc2ccccc2)cc1. The average Bonchev–Trinajstić information content (AvgIpc) is 3.07. The smallest absolute Gasteiger partial charge is 0.410 e. The number of aryl methyl sites for hydroxylation is 2. The molecule has 0 N–H and O–H groups in total. The number of benzene rings is 4. The van der Waals surface area contributed by atoms with Gasteiger partial charge in [-0.1, -0.05) is 96.1 Å². The van der Waals surface area contributed by atoms with Crippen molar-refractivity contribution in [2.75, 3.05) is 26.2 Å². The van der Waals surface area contributed by atoms with E-state index in [4.69, 9.17) is 4.74 Å².